The number of aryl methyl sites for hydroxylation is 2. The van der Waals surface area contributed by atoms with Gasteiger partial charge in [0.05, 0.1) is 31.3 Å². The summed E-state index contributed by atoms with van der Waals surface area (Å²) in [4.78, 5) is 21.3. The van der Waals surface area contributed by atoms with Crippen LogP contribution in [0.5, 0.6) is 0 Å². The Morgan fingerprint density at radius 3 is 2.62 bits per heavy atom. The van der Waals surface area contributed by atoms with Gasteiger partial charge < -0.3 is 9.72 Å². The molecule has 1 fully saturated rings. The van der Waals surface area contributed by atoms with E-state index in [1.165, 1.54) is 0 Å². The Morgan fingerprint density at radius 1 is 1.08 bits per heavy atom. The summed E-state index contributed by atoms with van der Waals surface area (Å²) in [6.45, 7) is 12.8. The summed E-state index contributed by atoms with van der Waals surface area (Å²) in [6.07, 6.45) is 1.82. The number of fused-ring (bicyclic) bond motifs is 1. The maximum Gasteiger partial charge on any atom is 0.252 e. The molecule has 3 heterocycles. The molecule has 206 valence electrons. The number of H-pyrrole nitrogens is 1. The number of pyridine rings is 1. The summed E-state index contributed by atoms with van der Waals surface area (Å²) in [7, 11) is 0. The van der Waals surface area contributed by atoms with Crippen LogP contribution in [-0.4, -0.2) is 74.4 Å². The van der Waals surface area contributed by atoms with Crippen molar-refractivity contribution in [1.82, 2.24) is 35.0 Å². The second-order valence-corrected chi connectivity index (χ2v) is 10.5. The van der Waals surface area contributed by atoms with Crippen molar-refractivity contribution in [3.05, 3.63) is 87.0 Å². The van der Waals surface area contributed by atoms with E-state index in [9.17, 15) is 4.79 Å². The van der Waals surface area contributed by atoms with Gasteiger partial charge in [-0.15, -0.1) is 5.10 Å². The molecule has 0 spiro atoms. The first-order valence-corrected chi connectivity index (χ1v) is 14.0. The van der Waals surface area contributed by atoms with Gasteiger partial charge in [-0.3, -0.25) is 14.6 Å². The second-order valence-electron chi connectivity index (χ2n) is 10.5. The van der Waals surface area contributed by atoms with E-state index in [1.54, 1.807) is 0 Å². The van der Waals surface area contributed by atoms with Crippen LogP contribution in [-0.2, 0) is 17.8 Å². The minimum absolute atomic E-state index is 0.0258. The average molecular weight is 530 g/mol. The van der Waals surface area contributed by atoms with E-state index in [4.69, 9.17) is 4.74 Å². The molecule has 9 nitrogen and oxygen atoms in total. The Kier molecular flexibility index (Phi) is 8.81. The van der Waals surface area contributed by atoms with E-state index in [2.05, 4.69) is 74.5 Å². The van der Waals surface area contributed by atoms with Gasteiger partial charge in [0.1, 0.15) is 0 Å². The normalized spacial score (nSPS) is 15.3. The fourth-order valence-electron chi connectivity index (χ4n) is 5.54. The van der Waals surface area contributed by atoms with Crippen LogP contribution < -0.4 is 5.56 Å². The summed E-state index contributed by atoms with van der Waals surface area (Å²) < 4.78 is 7.42. The van der Waals surface area contributed by atoms with Crippen molar-refractivity contribution in [2.24, 2.45) is 0 Å². The fourth-order valence-corrected chi connectivity index (χ4v) is 5.54. The van der Waals surface area contributed by atoms with Crippen LogP contribution in [0.2, 0.25) is 0 Å². The molecule has 1 saturated heterocycles. The molecule has 0 bridgehead atoms. The van der Waals surface area contributed by atoms with Crippen LogP contribution in [0.15, 0.2) is 53.3 Å². The number of rotatable bonds is 11. The molecule has 1 aliphatic rings. The van der Waals surface area contributed by atoms with Crippen molar-refractivity contribution in [1.29, 1.82) is 0 Å². The van der Waals surface area contributed by atoms with E-state index in [0.717, 1.165) is 91.2 Å². The van der Waals surface area contributed by atoms with Gasteiger partial charge >= 0.3 is 0 Å². The van der Waals surface area contributed by atoms with Crippen molar-refractivity contribution in [3.63, 3.8) is 0 Å². The molecule has 0 amide bonds. The quantitative estimate of drug-likeness (QED) is 0.315. The largest absolute Gasteiger partial charge is 0.379 e. The lowest BCUT2D eigenvalue weighted by molar-refractivity contribution is 0.0349. The molecule has 4 aromatic rings. The van der Waals surface area contributed by atoms with Crippen LogP contribution in [0, 0.1) is 13.8 Å². The Labute approximate surface area is 229 Å². The maximum atomic E-state index is 13.3. The summed E-state index contributed by atoms with van der Waals surface area (Å²) in [5.41, 5.74) is 5.04. The highest BCUT2D eigenvalue weighted by Crippen LogP contribution is 2.26. The molecule has 0 aliphatic carbocycles. The average Bonchev–Trinajstić information content (AvgIpc) is 3.40. The van der Waals surface area contributed by atoms with Gasteiger partial charge in [-0.25, -0.2) is 4.68 Å². The molecule has 1 unspecified atom stereocenters. The van der Waals surface area contributed by atoms with Gasteiger partial charge in [0.25, 0.3) is 5.56 Å². The number of hydrogen-bond donors (Lipinski definition) is 1. The van der Waals surface area contributed by atoms with E-state index in [1.807, 2.05) is 29.8 Å². The number of ether oxygens (including phenoxy) is 1. The van der Waals surface area contributed by atoms with Crippen molar-refractivity contribution < 1.29 is 4.74 Å². The Balaban J connectivity index is 1.44. The Bertz CT molecular complexity index is 1430. The minimum Gasteiger partial charge on any atom is -0.379 e. The van der Waals surface area contributed by atoms with Crippen LogP contribution in [0.1, 0.15) is 53.9 Å². The van der Waals surface area contributed by atoms with Crippen molar-refractivity contribution >= 4 is 10.9 Å². The predicted molar refractivity (Wildman–Crippen MR) is 153 cm³/mol. The third kappa shape index (κ3) is 6.43. The fraction of sp³-hybridized carbons (Fsp3) is 0.467. The molecule has 0 saturated carbocycles. The maximum absolute atomic E-state index is 13.3. The highest BCUT2D eigenvalue weighted by molar-refractivity contribution is 5.85. The minimum atomic E-state index is -0.0342. The van der Waals surface area contributed by atoms with Gasteiger partial charge in [0.2, 0.25) is 0 Å². The number of nitrogens with one attached hydrogen (secondary N) is 1. The van der Waals surface area contributed by atoms with Gasteiger partial charge in [-0.1, -0.05) is 49.4 Å². The number of benzene rings is 2. The third-order valence-electron chi connectivity index (χ3n) is 7.78. The van der Waals surface area contributed by atoms with Gasteiger partial charge in [0, 0.05) is 37.1 Å². The van der Waals surface area contributed by atoms with Gasteiger partial charge in [0.15, 0.2) is 5.82 Å². The molecule has 39 heavy (non-hydrogen) atoms. The molecule has 1 atom stereocenters. The van der Waals surface area contributed by atoms with E-state index in [0.29, 0.717) is 13.1 Å². The number of hydrogen-bond acceptors (Lipinski definition) is 7. The number of aromatic nitrogens is 5. The zero-order chi connectivity index (χ0) is 27.2. The molecule has 2 aromatic heterocycles. The second kappa shape index (κ2) is 12.6. The smallest absolute Gasteiger partial charge is 0.252 e. The van der Waals surface area contributed by atoms with Gasteiger partial charge in [-0.05, 0) is 66.4 Å². The van der Waals surface area contributed by atoms with Gasteiger partial charge in [-0.2, -0.15) is 0 Å². The van der Waals surface area contributed by atoms with E-state index < -0.39 is 0 Å². The monoisotopic (exact) mass is 529 g/mol. The van der Waals surface area contributed by atoms with E-state index in [-0.39, 0.29) is 11.6 Å². The topological polar surface area (TPSA) is 92.2 Å². The molecule has 2 aromatic carbocycles. The lowest BCUT2D eigenvalue weighted by Gasteiger charge is -2.32. The number of nitrogens with zero attached hydrogens (tertiary/aromatic N) is 6. The first-order chi connectivity index (χ1) is 19.0. The molecule has 5 rings (SSSR count). The summed E-state index contributed by atoms with van der Waals surface area (Å²) in [6, 6.07) is 16.5. The summed E-state index contributed by atoms with van der Waals surface area (Å²) in [5.74, 6) is 0.831. The SMILES string of the molecule is CCC(c1nnnn1Cc1ccccc1)N(CCCN1CCOCC1)Cc1cc2c(C)ccc(C)c2[nH]c1=O. The van der Waals surface area contributed by atoms with E-state index >= 15 is 0 Å². The number of aromatic amines is 1. The molecule has 9 heteroatoms. The van der Waals surface area contributed by atoms with Crippen LogP contribution in [0.3, 0.4) is 0 Å². The standard InChI is InChI=1S/C30H39N7O2/c1-4-27(29-32-33-34-37(29)20-24-9-6-5-7-10-24)36(14-8-13-35-15-17-39-18-16-35)21-25-19-26-22(2)11-12-23(3)28(26)31-30(25)38/h5-7,9-12,19,27H,4,8,13-18,20-21H2,1-3H3,(H,31,38). The summed E-state index contributed by atoms with van der Waals surface area (Å²) >= 11 is 0. The number of tetrazole rings is 1. The highest BCUT2D eigenvalue weighted by atomic mass is 16.5. The molecular weight excluding hydrogens is 490 g/mol. The third-order valence-corrected chi connectivity index (χ3v) is 7.78. The lowest BCUT2D eigenvalue weighted by atomic mass is 10.0. The molecule has 0 radical (unpaired) electrons. The Morgan fingerprint density at radius 2 is 1.85 bits per heavy atom. The zero-order valence-electron chi connectivity index (χ0n) is 23.3. The lowest BCUT2D eigenvalue weighted by Crippen LogP contribution is -2.39. The van der Waals surface area contributed by atoms with Crippen LogP contribution in [0.25, 0.3) is 10.9 Å². The predicted octanol–water partition coefficient (Wildman–Crippen LogP) is 3.86. The van der Waals surface area contributed by atoms with Crippen molar-refractivity contribution in [3.8, 4) is 0 Å². The molecule has 1 N–H and O–H groups in total. The van der Waals surface area contributed by atoms with Crippen molar-refractivity contribution in [2.45, 2.75) is 52.7 Å². The zero-order valence-corrected chi connectivity index (χ0v) is 23.3. The molecule has 1 aliphatic heterocycles. The van der Waals surface area contributed by atoms with Crippen molar-refractivity contribution in [2.75, 3.05) is 39.4 Å². The van der Waals surface area contributed by atoms with Crippen LogP contribution >= 0.6 is 0 Å². The van der Waals surface area contributed by atoms with Crippen LogP contribution in [0.4, 0.5) is 0 Å². The first kappa shape index (κ1) is 27.2. The molecular formula is C30H39N7O2. The summed E-state index contributed by atoms with van der Waals surface area (Å²) in [5, 5.41) is 14.0. The first-order valence-electron chi connectivity index (χ1n) is 14.0. The highest BCUT2D eigenvalue weighted by Gasteiger charge is 2.26. The number of morpholine rings is 1. The Hall–Kier alpha value is -3.40.